The number of halogens is 3. The van der Waals surface area contributed by atoms with Gasteiger partial charge in [0.1, 0.15) is 5.75 Å². The van der Waals surface area contributed by atoms with E-state index in [0.29, 0.717) is 42.2 Å². The zero-order valence-electron chi connectivity index (χ0n) is 23.3. The van der Waals surface area contributed by atoms with Gasteiger partial charge in [0.25, 0.3) is 5.91 Å². The number of alkyl halides is 3. The summed E-state index contributed by atoms with van der Waals surface area (Å²) < 4.78 is 50.0. The number of likely N-dealkylation sites (N-methyl/N-ethyl adjacent to an activating group) is 1. The summed E-state index contributed by atoms with van der Waals surface area (Å²) in [6, 6.07) is 9.61. The number of methoxy groups -OCH3 is 1. The number of benzene rings is 2. The van der Waals surface area contributed by atoms with Crippen molar-refractivity contribution in [2.45, 2.75) is 32.1 Å². The Bertz CT molecular complexity index is 1330. The Hall–Kier alpha value is -4.06. The minimum atomic E-state index is -4.52. The van der Waals surface area contributed by atoms with E-state index in [1.54, 1.807) is 36.1 Å². The van der Waals surface area contributed by atoms with Gasteiger partial charge in [-0.05, 0) is 49.7 Å². The van der Waals surface area contributed by atoms with Gasteiger partial charge in [0.2, 0.25) is 0 Å². The number of carbonyl (C=O) groups is 3. The molecule has 2 heterocycles. The first-order chi connectivity index (χ1) is 19.4. The van der Waals surface area contributed by atoms with Gasteiger partial charge in [-0.2, -0.15) is 13.2 Å². The van der Waals surface area contributed by atoms with Gasteiger partial charge in [-0.3, -0.25) is 14.6 Å². The molecule has 2 aliphatic rings. The fraction of sp³-hybridized carbons (Fsp3) is 0.414. The van der Waals surface area contributed by atoms with Crippen molar-refractivity contribution in [3.05, 3.63) is 76.5 Å². The van der Waals surface area contributed by atoms with E-state index in [9.17, 15) is 27.6 Å². The second-order valence-electron chi connectivity index (χ2n) is 9.96. The molecule has 4 rings (SSSR count). The van der Waals surface area contributed by atoms with Crippen LogP contribution in [0, 0.1) is 0 Å². The molecule has 9 nitrogen and oxygen atoms in total. The van der Waals surface area contributed by atoms with Crippen molar-refractivity contribution in [2.24, 2.45) is 0 Å². The maximum atomic E-state index is 13.2. The number of rotatable bonds is 7. The molecular formula is C29H33F3N4O5. The van der Waals surface area contributed by atoms with Crippen LogP contribution in [0.5, 0.6) is 5.75 Å². The standard InChI is InChI=1S/C29H33F3N4O5/c1-5-41-27(38)24-23(34(3)28(39)33-25(24)19-9-11-21(12-10-19)29(30,31)32)17-35-13-14-36(18(2)16-35)26(37)20-7-6-8-22(15-20)40-4/h6-12,15,18,25H,5,13-14,16-17H2,1-4H3,(H,33,39)/t18-,25+/m1/s1. The van der Waals surface area contributed by atoms with E-state index < -0.39 is 29.8 Å². The van der Waals surface area contributed by atoms with Crippen LogP contribution in [0.2, 0.25) is 0 Å². The van der Waals surface area contributed by atoms with Crippen LogP contribution in [0.3, 0.4) is 0 Å². The SMILES string of the molecule is CCOC(=O)C1=C(CN2CCN(C(=O)c3cccc(OC)c3)[C@H](C)C2)N(C)C(=O)N[C@H]1c1ccc(C(F)(F)F)cc1. The zero-order chi connectivity index (χ0) is 29.9. The highest BCUT2D eigenvalue weighted by Gasteiger charge is 2.39. The second kappa shape index (κ2) is 12.2. The molecule has 2 aliphatic heterocycles. The van der Waals surface area contributed by atoms with Crippen molar-refractivity contribution in [3.63, 3.8) is 0 Å². The largest absolute Gasteiger partial charge is 0.497 e. The first-order valence-corrected chi connectivity index (χ1v) is 13.2. The van der Waals surface area contributed by atoms with E-state index in [1.807, 2.05) is 11.8 Å². The van der Waals surface area contributed by atoms with Crippen molar-refractivity contribution < 1.29 is 37.0 Å². The Labute approximate surface area is 236 Å². The monoisotopic (exact) mass is 574 g/mol. The Morgan fingerprint density at radius 1 is 1.10 bits per heavy atom. The Balaban J connectivity index is 1.60. The van der Waals surface area contributed by atoms with Crippen LogP contribution in [0.25, 0.3) is 0 Å². The molecule has 0 aliphatic carbocycles. The quantitative estimate of drug-likeness (QED) is 0.502. The smallest absolute Gasteiger partial charge is 0.416 e. The van der Waals surface area contributed by atoms with Crippen LogP contribution in [-0.4, -0.2) is 85.6 Å². The number of nitrogens with zero attached hydrogens (tertiary/aromatic N) is 3. The number of ether oxygens (including phenoxy) is 2. The zero-order valence-corrected chi connectivity index (χ0v) is 23.3. The third-order valence-corrected chi connectivity index (χ3v) is 7.31. The van der Waals surface area contributed by atoms with E-state index in [-0.39, 0.29) is 30.7 Å². The number of hydrogen-bond donors (Lipinski definition) is 1. The van der Waals surface area contributed by atoms with E-state index in [2.05, 4.69) is 5.32 Å². The minimum Gasteiger partial charge on any atom is -0.497 e. The van der Waals surface area contributed by atoms with Crippen molar-refractivity contribution in [1.82, 2.24) is 20.0 Å². The molecule has 2 atom stereocenters. The third kappa shape index (κ3) is 6.48. The lowest BCUT2D eigenvalue weighted by Gasteiger charge is -2.42. The normalized spacial score (nSPS) is 20.1. The molecule has 0 radical (unpaired) electrons. The van der Waals surface area contributed by atoms with Crippen molar-refractivity contribution in [2.75, 3.05) is 46.9 Å². The van der Waals surface area contributed by atoms with Gasteiger partial charge in [-0.15, -0.1) is 0 Å². The first kappa shape index (κ1) is 29.9. The van der Waals surface area contributed by atoms with Gasteiger partial charge in [-0.1, -0.05) is 18.2 Å². The summed E-state index contributed by atoms with van der Waals surface area (Å²) in [6.07, 6.45) is -4.52. The molecule has 3 amide bonds. The lowest BCUT2D eigenvalue weighted by atomic mass is 9.93. The summed E-state index contributed by atoms with van der Waals surface area (Å²) in [5.74, 6) is -0.208. The predicted octanol–water partition coefficient (Wildman–Crippen LogP) is 4.07. The molecule has 12 heteroatoms. The molecule has 220 valence electrons. The van der Waals surface area contributed by atoms with Crippen LogP contribution < -0.4 is 10.1 Å². The topological polar surface area (TPSA) is 91.4 Å². The molecule has 1 saturated heterocycles. The molecule has 2 aromatic carbocycles. The van der Waals surface area contributed by atoms with Gasteiger partial charge in [0.05, 0.1) is 30.9 Å². The second-order valence-corrected chi connectivity index (χ2v) is 9.96. The highest BCUT2D eigenvalue weighted by molar-refractivity contribution is 5.96. The van der Waals surface area contributed by atoms with E-state index in [4.69, 9.17) is 9.47 Å². The minimum absolute atomic E-state index is 0.0785. The van der Waals surface area contributed by atoms with Gasteiger partial charge in [0, 0.05) is 50.5 Å². The van der Waals surface area contributed by atoms with Gasteiger partial charge < -0.3 is 19.7 Å². The Kier molecular flexibility index (Phi) is 8.91. The van der Waals surface area contributed by atoms with Crippen molar-refractivity contribution in [3.8, 4) is 5.75 Å². The lowest BCUT2D eigenvalue weighted by molar-refractivity contribution is -0.139. The summed E-state index contributed by atoms with van der Waals surface area (Å²) >= 11 is 0. The third-order valence-electron chi connectivity index (χ3n) is 7.31. The molecule has 0 aromatic heterocycles. The summed E-state index contributed by atoms with van der Waals surface area (Å²) in [5.41, 5.74) is 0.535. The number of amides is 3. The van der Waals surface area contributed by atoms with Gasteiger partial charge >= 0.3 is 18.2 Å². The highest BCUT2D eigenvalue weighted by Crippen LogP contribution is 2.34. The van der Waals surface area contributed by atoms with Gasteiger partial charge in [0.15, 0.2) is 0 Å². The van der Waals surface area contributed by atoms with Crippen LogP contribution in [-0.2, 0) is 15.7 Å². The molecule has 2 aromatic rings. The molecular weight excluding hydrogens is 541 g/mol. The predicted molar refractivity (Wildman–Crippen MR) is 144 cm³/mol. The van der Waals surface area contributed by atoms with Crippen molar-refractivity contribution >= 4 is 17.9 Å². The summed E-state index contributed by atoms with van der Waals surface area (Å²) in [7, 11) is 3.06. The number of nitrogens with one attached hydrogen (secondary N) is 1. The van der Waals surface area contributed by atoms with E-state index >= 15 is 0 Å². The van der Waals surface area contributed by atoms with E-state index in [0.717, 1.165) is 12.1 Å². The average molecular weight is 575 g/mol. The highest BCUT2D eigenvalue weighted by atomic mass is 19.4. The Morgan fingerprint density at radius 3 is 2.41 bits per heavy atom. The van der Waals surface area contributed by atoms with Gasteiger partial charge in [-0.25, -0.2) is 9.59 Å². The number of urea groups is 1. The summed E-state index contributed by atoms with van der Waals surface area (Å²) in [6.45, 7) is 5.20. The molecule has 41 heavy (non-hydrogen) atoms. The van der Waals surface area contributed by atoms with Crippen LogP contribution in [0.15, 0.2) is 59.8 Å². The maximum Gasteiger partial charge on any atom is 0.416 e. The Morgan fingerprint density at radius 2 is 1.80 bits per heavy atom. The molecule has 0 saturated carbocycles. The molecule has 0 unspecified atom stereocenters. The fourth-order valence-corrected chi connectivity index (χ4v) is 5.12. The first-order valence-electron chi connectivity index (χ1n) is 13.2. The number of piperazine rings is 1. The molecule has 0 bridgehead atoms. The molecule has 1 N–H and O–H groups in total. The van der Waals surface area contributed by atoms with Crippen LogP contribution in [0.4, 0.5) is 18.0 Å². The fourth-order valence-electron chi connectivity index (χ4n) is 5.12. The number of hydrogen-bond acceptors (Lipinski definition) is 6. The average Bonchev–Trinajstić information content (AvgIpc) is 2.94. The number of carbonyl (C=O) groups excluding carboxylic acids is 3. The van der Waals surface area contributed by atoms with Crippen LogP contribution >= 0.6 is 0 Å². The lowest BCUT2D eigenvalue weighted by Crippen LogP contribution is -2.56. The summed E-state index contributed by atoms with van der Waals surface area (Å²) in [5, 5.41) is 2.72. The summed E-state index contributed by atoms with van der Waals surface area (Å²) in [4.78, 5) is 44.5. The number of esters is 1. The maximum absolute atomic E-state index is 13.2. The van der Waals surface area contributed by atoms with E-state index in [1.165, 1.54) is 31.2 Å². The molecule has 1 fully saturated rings. The molecule has 0 spiro atoms. The van der Waals surface area contributed by atoms with Crippen molar-refractivity contribution in [1.29, 1.82) is 0 Å². The van der Waals surface area contributed by atoms with Crippen LogP contribution in [0.1, 0.15) is 41.4 Å².